The van der Waals surface area contributed by atoms with Crippen LogP contribution in [0.5, 0.6) is 5.75 Å². The molecule has 0 spiro atoms. The Morgan fingerprint density at radius 1 is 1.26 bits per heavy atom. The average Bonchev–Trinajstić information content (AvgIpc) is 2.39. The second-order valence-electron chi connectivity index (χ2n) is 4.31. The first-order chi connectivity index (χ1) is 9.12. The van der Waals surface area contributed by atoms with Gasteiger partial charge in [0.25, 0.3) is 0 Å². The average molecular weight is 267 g/mol. The van der Waals surface area contributed by atoms with Crippen LogP contribution in [0.2, 0.25) is 0 Å². The van der Waals surface area contributed by atoms with Crippen LogP contribution in [0.25, 0.3) is 0 Å². The number of ketones is 1. The third-order valence-corrected chi connectivity index (χ3v) is 2.91. The van der Waals surface area contributed by atoms with Crippen molar-refractivity contribution >= 4 is 5.78 Å². The van der Waals surface area contributed by atoms with Crippen molar-refractivity contribution in [2.45, 2.75) is 13.5 Å². The molecule has 0 heterocycles. The summed E-state index contributed by atoms with van der Waals surface area (Å²) in [5.74, 6) is 0.700. The van der Waals surface area contributed by atoms with Gasteiger partial charge in [-0.05, 0) is 25.1 Å². The summed E-state index contributed by atoms with van der Waals surface area (Å²) < 4.78 is 5.27. The van der Waals surface area contributed by atoms with Gasteiger partial charge in [-0.2, -0.15) is 0 Å². The van der Waals surface area contributed by atoms with Crippen molar-refractivity contribution < 1.29 is 19.7 Å². The highest BCUT2D eigenvalue weighted by Crippen LogP contribution is 2.21. The van der Waals surface area contributed by atoms with Crippen molar-refractivity contribution in [2.24, 2.45) is 0 Å². The minimum atomic E-state index is -0.000213. The summed E-state index contributed by atoms with van der Waals surface area (Å²) in [4.78, 5) is 13.3. The number of Topliss-reactive ketones (excluding diaryl/α,β-unsaturated/α-hetero) is 1. The Morgan fingerprint density at radius 3 is 2.37 bits per heavy atom. The van der Waals surface area contributed by atoms with Crippen LogP contribution in [0, 0.1) is 0 Å². The molecule has 0 fully saturated rings. The maximum atomic E-state index is 11.4. The summed E-state index contributed by atoms with van der Waals surface area (Å²) >= 11 is 0. The number of nitrogens with zero attached hydrogens (tertiary/aromatic N) is 1. The summed E-state index contributed by atoms with van der Waals surface area (Å²) in [5.41, 5.74) is 1.50. The molecule has 0 aliphatic carbocycles. The third kappa shape index (κ3) is 4.63. The molecule has 0 saturated carbocycles. The van der Waals surface area contributed by atoms with Gasteiger partial charge in [0, 0.05) is 30.8 Å². The molecule has 0 aliphatic heterocycles. The molecule has 5 heteroatoms. The Kier molecular flexibility index (Phi) is 6.49. The first kappa shape index (κ1) is 15.6. The Bertz CT molecular complexity index is 414. The largest absolute Gasteiger partial charge is 0.496 e. The number of carbonyl (C=O) groups excluding carboxylic acids is 1. The van der Waals surface area contributed by atoms with Crippen LogP contribution >= 0.6 is 0 Å². The number of hydrogen-bond donors (Lipinski definition) is 2. The van der Waals surface area contributed by atoms with Gasteiger partial charge >= 0.3 is 0 Å². The van der Waals surface area contributed by atoms with Crippen molar-refractivity contribution in [2.75, 3.05) is 33.4 Å². The summed E-state index contributed by atoms with van der Waals surface area (Å²) in [6.45, 7) is 3.02. The number of hydrogen-bond acceptors (Lipinski definition) is 5. The topological polar surface area (TPSA) is 70.0 Å². The van der Waals surface area contributed by atoms with Gasteiger partial charge in [-0.3, -0.25) is 9.69 Å². The van der Waals surface area contributed by atoms with E-state index in [1.54, 1.807) is 25.3 Å². The molecule has 0 saturated heterocycles. The molecule has 0 aliphatic rings. The normalized spacial score (nSPS) is 10.8. The highest BCUT2D eigenvalue weighted by atomic mass is 16.5. The summed E-state index contributed by atoms with van der Waals surface area (Å²) in [6, 6.07) is 5.29. The molecule has 0 unspecified atom stereocenters. The first-order valence-electron chi connectivity index (χ1n) is 6.24. The van der Waals surface area contributed by atoms with Gasteiger partial charge in [-0.1, -0.05) is 0 Å². The molecule has 0 radical (unpaired) electrons. The Hall–Kier alpha value is -1.43. The highest BCUT2D eigenvalue weighted by Gasteiger charge is 2.11. The minimum Gasteiger partial charge on any atom is -0.496 e. The molecule has 106 valence electrons. The van der Waals surface area contributed by atoms with Crippen molar-refractivity contribution in [3.8, 4) is 5.75 Å². The lowest BCUT2D eigenvalue weighted by Crippen LogP contribution is -2.29. The van der Waals surface area contributed by atoms with E-state index in [0.717, 1.165) is 5.56 Å². The fourth-order valence-electron chi connectivity index (χ4n) is 1.91. The van der Waals surface area contributed by atoms with E-state index in [0.29, 0.717) is 30.9 Å². The lowest BCUT2D eigenvalue weighted by molar-refractivity contribution is 0.101. The quantitative estimate of drug-likeness (QED) is 0.678. The van der Waals surface area contributed by atoms with Crippen molar-refractivity contribution in [3.63, 3.8) is 0 Å². The highest BCUT2D eigenvalue weighted by molar-refractivity contribution is 5.94. The van der Waals surface area contributed by atoms with Gasteiger partial charge < -0.3 is 14.9 Å². The fraction of sp³-hybridized carbons (Fsp3) is 0.500. The fourth-order valence-corrected chi connectivity index (χ4v) is 1.91. The molecule has 1 rings (SSSR count). The zero-order chi connectivity index (χ0) is 14.3. The second-order valence-corrected chi connectivity index (χ2v) is 4.31. The Balaban J connectivity index is 2.94. The molecular weight excluding hydrogens is 246 g/mol. The maximum absolute atomic E-state index is 11.4. The molecule has 19 heavy (non-hydrogen) atoms. The van der Waals surface area contributed by atoms with Gasteiger partial charge in [0.05, 0.1) is 20.3 Å². The summed E-state index contributed by atoms with van der Waals surface area (Å²) in [7, 11) is 1.58. The van der Waals surface area contributed by atoms with E-state index in [-0.39, 0.29) is 19.0 Å². The number of carbonyl (C=O) groups is 1. The van der Waals surface area contributed by atoms with E-state index < -0.39 is 0 Å². The number of aliphatic hydroxyl groups excluding tert-OH is 2. The third-order valence-electron chi connectivity index (χ3n) is 2.91. The van der Waals surface area contributed by atoms with Crippen molar-refractivity contribution in [1.82, 2.24) is 4.90 Å². The Labute approximate surface area is 113 Å². The van der Waals surface area contributed by atoms with Crippen LogP contribution in [0.15, 0.2) is 18.2 Å². The Morgan fingerprint density at radius 2 is 1.89 bits per heavy atom. The van der Waals surface area contributed by atoms with Gasteiger partial charge in [0.1, 0.15) is 5.75 Å². The molecule has 0 bridgehead atoms. The lowest BCUT2D eigenvalue weighted by atomic mass is 10.1. The van der Waals surface area contributed by atoms with E-state index in [9.17, 15) is 4.79 Å². The molecule has 5 nitrogen and oxygen atoms in total. The number of benzene rings is 1. The van der Waals surface area contributed by atoms with E-state index in [4.69, 9.17) is 14.9 Å². The number of ether oxygens (including phenoxy) is 1. The molecule has 1 aromatic rings. The standard InChI is InChI=1S/C14H21NO4/c1-11(18)12-3-4-14(19-2)13(9-12)10-15(5-7-16)6-8-17/h3-4,9,16-17H,5-8,10H2,1-2H3. The van der Waals surface area contributed by atoms with E-state index >= 15 is 0 Å². The minimum absolute atomic E-state index is 0.000213. The molecule has 0 aromatic heterocycles. The van der Waals surface area contributed by atoms with Crippen molar-refractivity contribution in [3.05, 3.63) is 29.3 Å². The summed E-state index contributed by atoms with van der Waals surface area (Å²) in [5, 5.41) is 18.0. The van der Waals surface area contributed by atoms with Crippen LogP contribution < -0.4 is 4.74 Å². The zero-order valence-electron chi connectivity index (χ0n) is 11.4. The van der Waals surface area contributed by atoms with E-state index in [2.05, 4.69) is 0 Å². The SMILES string of the molecule is COc1ccc(C(C)=O)cc1CN(CCO)CCO. The van der Waals surface area contributed by atoms with Gasteiger partial charge in [-0.25, -0.2) is 0 Å². The molecule has 1 aromatic carbocycles. The summed E-state index contributed by atoms with van der Waals surface area (Å²) in [6.07, 6.45) is 0. The monoisotopic (exact) mass is 267 g/mol. The van der Waals surface area contributed by atoms with Crippen LogP contribution in [0.1, 0.15) is 22.8 Å². The van der Waals surface area contributed by atoms with E-state index in [1.165, 1.54) is 6.92 Å². The van der Waals surface area contributed by atoms with Gasteiger partial charge in [0.2, 0.25) is 0 Å². The lowest BCUT2D eigenvalue weighted by Gasteiger charge is -2.21. The maximum Gasteiger partial charge on any atom is 0.159 e. The smallest absolute Gasteiger partial charge is 0.159 e. The molecule has 0 amide bonds. The first-order valence-corrected chi connectivity index (χ1v) is 6.24. The number of aliphatic hydroxyl groups is 2. The van der Waals surface area contributed by atoms with E-state index in [1.807, 2.05) is 4.90 Å². The number of rotatable bonds is 8. The molecular formula is C14H21NO4. The van der Waals surface area contributed by atoms with Crippen LogP contribution in [0.3, 0.4) is 0 Å². The predicted octanol–water partition coefficient (Wildman–Crippen LogP) is 0.684. The molecule has 0 atom stereocenters. The van der Waals surface area contributed by atoms with Crippen molar-refractivity contribution in [1.29, 1.82) is 0 Å². The van der Waals surface area contributed by atoms with Crippen LogP contribution in [0.4, 0.5) is 0 Å². The predicted molar refractivity (Wildman–Crippen MR) is 72.4 cm³/mol. The molecule has 2 N–H and O–H groups in total. The van der Waals surface area contributed by atoms with Gasteiger partial charge in [-0.15, -0.1) is 0 Å². The van der Waals surface area contributed by atoms with Crippen LogP contribution in [-0.4, -0.2) is 54.3 Å². The van der Waals surface area contributed by atoms with Gasteiger partial charge in [0.15, 0.2) is 5.78 Å². The van der Waals surface area contributed by atoms with Crippen LogP contribution in [-0.2, 0) is 6.54 Å². The number of methoxy groups -OCH3 is 1. The second kappa shape index (κ2) is 7.89. The zero-order valence-corrected chi connectivity index (χ0v) is 11.4.